The van der Waals surface area contributed by atoms with Gasteiger partial charge < -0.3 is 4.52 Å². The van der Waals surface area contributed by atoms with Gasteiger partial charge in [0.15, 0.2) is 5.16 Å². The maximum Gasteiger partial charge on any atom is 0.237 e. The molecule has 0 saturated heterocycles. The van der Waals surface area contributed by atoms with E-state index in [9.17, 15) is 0 Å². The largest absolute Gasteiger partial charge is 0.338 e. The van der Waals surface area contributed by atoms with Crippen LogP contribution in [0.1, 0.15) is 22.8 Å². The van der Waals surface area contributed by atoms with Crippen LogP contribution in [0.15, 0.2) is 58.2 Å². The number of aromatic nitrogens is 5. The Hall–Kier alpha value is -2.93. The van der Waals surface area contributed by atoms with Crippen LogP contribution in [0, 0.1) is 20.8 Å². The molecule has 0 unspecified atom stereocenters. The van der Waals surface area contributed by atoms with Crippen molar-refractivity contribution in [3.8, 4) is 17.1 Å². The molecule has 0 N–H and O–H groups in total. The second-order valence-corrected chi connectivity index (χ2v) is 7.26. The first-order valence-corrected chi connectivity index (χ1v) is 9.61. The van der Waals surface area contributed by atoms with Gasteiger partial charge in [0.25, 0.3) is 0 Å². The van der Waals surface area contributed by atoms with Gasteiger partial charge in [0.1, 0.15) is 5.82 Å². The van der Waals surface area contributed by atoms with E-state index >= 15 is 0 Å². The van der Waals surface area contributed by atoms with Crippen molar-refractivity contribution in [3.05, 3.63) is 71.4 Å². The van der Waals surface area contributed by atoms with E-state index in [4.69, 9.17) is 4.52 Å². The minimum absolute atomic E-state index is 0.531. The lowest BCUT2D eigenvalue weighted by molar-refractivity contribution is 0.391. The van der Waals surface area contributed by atoms with Gasteiger partial charge in [-0.15, -0.1) is 10.2 Å². The third kappa shape index (κ3) is 3.64. The summed E-state index contributed by atoms with van der Waals surface area (Å²) in [6, 6.07) is 16.3. The highest BCUT2D eigenvalue weighted by molar-refractivity contribution is 7.98. The maximum absolute atomic E-state index is 5.42. The van der Waals surface area contributed by atoms with Crippen molar-refractivity contribution in [3.63, 3.8) is 0 Å². The van der Waals surface area contributed by atoms with Crippen LogP contribution in [-0.2, 0) is 5.75 Å². The summed E-state index contributed by atoms with van der Waals surface area (Å²) in [6.07, 6.45) is 0. The second kappa shape index (κ2) is 7.36. The molecular weight excluding hydrogens is 358 g/mol. The third-order valence-electron chi connectivity index (χ3n) is 4.27. The van der Waals surface area contributed by atoms with Crippen LogP contribution >= 0.6 is 11.8 Å². The molecule has 2 heterocycles. The zero-order valence-electron chi connectivity index (χ0n) is 15.4. The topological polar surface area (TPSA) is 69.6 Å². The minimum atomic E-state index is 0.531. The van der Waals surface area contributed by atoms with E-state index in [0.717, 1.165) is 27.8 Å². The summed E-state index contributed by atoms with van der Waals surface area (Å²) in [5.41, 5.74) is 4.36. The molecule has 0 aliphatic heterocycles. The summed E-state index contributed by atoms with van der Waals surface area (Å²) < 4.78 is 7.45. The Morgan fingerprint density at radius 3 is 2.52 bits per heavy atom. The Bertz CT molecular complexity index is 1070. The van der Waals surface area contributed by atoms with Gasteiger partial charge in [0.2, 0.25) is 11.7 Å². The molecule has 136 valence electrons. The molecule has 0 aliphatic rings. The lowest BCUT2D eigenvalue weighted by atomic mass is 10.1. The van der Waals surface area contributed by atoms with Crippen LogP contribution in [0.2, 0.25) is 0 Å². The monoisotopic (exact) mass is 377 g/mol. The fourth-order valence-electron chi connectivity index (χ4n) is 2.80. The molecule has 4 aromatic rings. The van der Waals surface area contributed by atoms with Crippen LogP contribution in [-0.4, -0.2) is 24.9 Å². The molecular formula is C20H19N5OS. The zero-order chi connectivity index (χ0) is 18.8. The van der Waals surface area contributed by atoms with E-state index in [1.807, 2.05) is 42.7 Å². The average Bonchev–Trinajstić information content (AvgIpc) is 3.28. The third-order valence-corrected chi connectivity index (χ3v) is 5.18. The van der Waals surface area contributed by atoms with E-state index in [0.29, 0.717) is 17.5 Å². The van der Waals surface area contributed by atoms with Gasteiger partial charge in [-0.25, -0.2) is 0 Å². The second-order valence-electron chi connectivity index (χ2n) is 6.32. The summed E-state index contributed by atoms with van der Waals surface area (Å²) in [6.45, 7) is 6.05. The van der Waals surface area contributed by atoms with Crippen molar-refractivity contribution in [2.45, 2.75) is 31.7 Å². The van der Waals surface area contributed by atoms with Crippen LogP contribution in [0.25, 0.3) is 17.1 Å². The van der Waals surface area contributed by atoms with E-state index in [-0.39, 0.29) is 0 Å². The first-order valence-electron chi connectivity index (χ1n) is 8.62. The number of nitrogens with zero attached hydrogens (tertiary/aromatic N) is 5. The summed E-state index contributed by atoms with van der Waals surface area (Å²) >= 11 is 1.53. The van der Waals surface area contributed by atoms with Crippen molar-refractivity contribution in [1.82, 2.24) is 24.9 Å². The highest BCUT2D eigenvalue weighted by Gasteiger charge is 2.15. The molecule has 0 atom stereocenters. The Labute approximate surface area is 161 Å². The summed E-state index contributed by atoms with van der Waals surface area (Å²) in [7, 11) is 0. The molecule has 6 nitrogen and oxygen atoms in total. The Kier molecular flexibility index (Phi) is 4.77. The van der Waals surface area contributed by atoms with Crippen LogP contribution in [0.3, 0.4) is 0 Å². The number of aryl methyl sites for hydroxylation is 3. The van der Waals surface area contributed by atoms with E-state index in [1.165, 1.54) is 17.3 Å². The lowest BCUT2D eigenvalue weighted by Gasteiger charge is -2.07. The van der Waals surface area contributed by atoms with Crippen molar-refractivity contribution < 1.29 is 4.52 Å². The van der Waals surface area contributed by atoms with Gasteiger partial charge >= 0.3 is 0 Å². The van der Waals surface area contributed by atoms with Crippen molar-refractivity contribution in [2.75, 3.05) is 0 Å². The van der Waals surface area contributed by atoms with Gasteiger partial charge in [0.05, 0.1) is 5.75 Å². The quantitative estimate of drug-likeness (QED) is 0.476. The maximum atomic E-state index is 5.42. The van der Waals surface area contributed by atoms with Crippen LogP contribution in [0.4, 0.5) is 0 Å². The predicted octanol–water partition coefficient (Wildman–Crippen LogP) is 4.53. The molecule has 0 aliphatic carbocycles. The number of hydrogen-bond acceptors (Lipinski definition) is 6. The summed E-state index contributed by atoms with van der Waals surface area (Å²) in [5, 5.41) is 13.4. The fourth-order valence-corrected chi connectivity index (χ4v) is 3.64. The first-order chi connectivity index (χ1) is 13.1. The van der Waals surface area contributed by atoms with E-state index in [2.05, 4.69) is 51.5 Å². The Morgan fingerprint density at radius 2 is 1.74 bits per heavy atom. The average molecular weight is 377 g/mol. The molecule has 4 rings (SSSR count). The number of thioether (sulfide) groups is 1. The lowest BCUT2D eigenvalue weighted by Crippen LogP contribution is -1.99. The van der Waals surface area contributed by atoms with Gasteiger partial charge in [-0.3, -0.25) is 4.57 Å². The summed E-state index contributed by atoms with van der Waals surface area (Å²) in [5.74, 6) is 2.55. The number of rotatable bonds is 5. The molecule has 2 aromatic heterocycles. The fraction of sp³-hybridized carbons (Fsp3) is 0.200. The molecule has 0 radical (unpaired) electrons. The highest BCUT2D eigenvalue weighted by atomic mass is 32.2. The molecule has 0 spiro atoms. The van der Waals surface area contributed by atoms with Crippen LogP contribution in [0.5, 0.6) is 0 Å². The SMILES string of the molecule is Cc1ccc(-n2c(C)nnc2SCc2nc(-c3ccccc3C)no2)cc1. The van der Waals surface area contributed by atoms with Crippen LogP contribution < -0.4 is 0 Å². The van der Waals surface area contributed by atoms with Crippen molar-refractivity contribution in [2.24, 2.45) is 0 Å². The standard InChI is InChI=1S/C20H19N5OS/c1-13-8-10-16(11-9-13)25-15(3)22-23-20(25)27-12-18-21-19(24-26-18)17-7-5-4-6-14(17)2/h4-11H,12H2,1-3H3. The first kappa shape index (κ1) is 17.5. The highest BCUT2D eigenvalue weighted by Crippen LogP contribution is 2.26. The normalized spacial score (nSPS) is 11.1. The Balaban J connectivity index is 1.54. The number of benzene rings is 2. The molecule has 2 aromatic carbocycles. The minimum Gasteiger partial charge on any atom is -0.338 e. The van der Waals surface area contributed by atoms with Gasteiger partial charge in [-0.1, -0.05) is 58.9 Å². The molecule has 0 saturated carbocycles. The molecule has 7 heteroatoms. The number of hydrogen-bond donors (Lipinski definition) is 0. The molecule has 0 bridgehead atoms. The van der Waals surface area contributed by atoms with Crippen molar-refractivity contribution >= 4 is 11.8 Å². The summed E-state index contributed by atoms with van der Waals surface area (Å²) in [4.78, 5) is 4.52. The predicted molar refractivity (Wildman–Crippen MR) is 105 cm³/mol. The Morgan fingerprint density at radius 1 is 0.963 bits per heavy atom. The zero-order valence-corrected chi connectivity index (χ0v) is 16.2. The van der Waals surface area contributed by atoms with Gasteiger partial charge in [-0.05, 0) is 38.5 Å². The van der Waals surface area contributed by atoms with Gasteiger partial charge in [-0.2, -0.15) is 4.98 Å². The van der Waals surface area contributed by atoms with Gasteiger partial charge in [0, 0.05) is 11.3 Å². The smallest absolute Gasteiger partial charge is 0.237 e. The molecule has 27 heavy (non-hydrogen) atoms. The van der Waals surface area contributed by atoms with E-state index < -0.39 is 0 Å². The van der Waals surface area contributed by atoms with Crippen molar-refractivity contribution in [1.29, 1.82) is 0 Å². The molecule has 0 amide bonds. The van der Waals surface area contributed by atoms with E-state index in [1.54, 1.807) is 0 Å². The molecule has 0 fully saturated rings.